The van der Waals surface area contributed by atoms with Crippen molar-refractivity contribution in [2.24, 2.45) is 23.2 Å². The first kappa shape index (κ1) is 28.3. The van der Waals surface area contributed by atoms with Crippen LogP contribution in [-0.4, -0.2) is 24.5 Å². The summed E-state index contributed by atoms with van der Waals surface area (Å²) < 4.78 is 5.70. The first-order valence-electron chi connectivity index (χ1n) is 15.1. The number of Topliss-reactive ketones (excluding diaryl/α,β-unsaturated/α-hetero) is 1. The summed E-state index contributed by atoms with van der Waals surface area (Å²) >= 11 is 0. The number of fused-ring (bicyclic) bond motifs is 2. The lowest BCUT2D eigenvalue weighted by atomic mass is 9.73. The first-order chi connectivity index (χ1) is 17.0. The van der Waals surface area contributed by atoms with E-state index < -0.39 is 5.41 Å². The monoisotopic (exact) mass is 487 g/mol. The molecule has 4 atom stereocenters. The van der Waals surface area contributed by atoms with Crippen molar-refractivity contribution in [1.29, 1.82) is 0 Å². The summed E-state index contributed by atoms with van der Waals surface area (Å²) in [6.07, 6.45) is 26.9. The van der Waals surface area contributed by atoms with Crippen LogP contribution in [0.3, 0.4) is 0 Å². The van der Waals surface area contributed by atoms with Gasteiger partial charge in [-0.25, -0.2) is 4.79 Å². The van der Waals surface area contributed by atoms with Gasteiger partial charge in [0.1, 0.15) is 12.4 Å². The SMILES string of the molecule is CCCCCCCCCCCCCC(=O)C(C)(COC(=O)NC1CCCC1)CC1CC2C=CC1C2. The Labute approximate surface area is 215 Å². The third-order valence-electron chi connectivity index (χ3n) is 9.01. The van der Waals surface area contributed by atoms with Crippen LogP contribution in [0.1, 0.15) is 136 Å². The van der Waals surface area contributed by atoms with Crippen LogP contribution < -0.4 is 5.32 Å². The summed E-state index contributed by atoms with van der Waals surface area (Å²) in [5, 5.41) is 3.02. The van der Waals surface area contributed by atoms with Crippen LogP contribution in [0.15, 0.2) is 12.2 Å². The maximum Gasteiger partial charge on any atom is 0.407 e. The highest BCUT2D eigenvalue weighted by Crippen LogP contribution is 2.48. The van der Waals surface area contributed by atoms with Gasteiger partial charge in [-0.1, -0.05) is 96.1 Å². The van der Waals surface area contributed by atoms with Gasteiger partial charge in [0, 0.05) is 12.5 Å². The lowest BCUT2D eigenvalue weighted by molar-refractivity contribution is -0.131. The van der Waals surface area contributed by atoms with Crippen molar-refractivity contribution < 1.29 is 14.3 Å². The van der Waals surface area contributed by atoms with E-state index in [1.807, 2.05) is 0 Å². The van der Waals surface area contributed by atoms with E-state index in [4.69, 9.17) is 4.74 Å². The molecule has 0 spiro atoms. The van der Waals surface area contributed by atoms with E-state index >= 15 is 0 Å². The van der Waals surface area contributed by atoms with Crippen LogP contribution in [0.2, 0.25) is 0 Å². The highest BCUT2D eigenvalue weighted by molar-refractivity contribution is 5.85. The van der Waals surface area contributed by atoms with E-state index in [0.29, 0.717) is 30.0 Å². The Morgan fingerprint density at radius 3 is 2.09 bits per heavy atom. The van der Waals surface area contributed by atoms with Crippen molar-refractivity contribution in [3.8, 4) is 0 Å². The van der Waals surface area contributed by atoms with Crippen molar-refractivity contribution in [3.05, 3.63) is 12.2 Å². The summed E-state index contributed by atoms with van der Waals surface area (Å²) in [7, 11) is 0. The van der Waals surface area contributed by atoms with Crippen LogP contribution in [0, 0.1) is 23.2 Å². The second-order valence-electron chi connectivity index (χ2n) is 12.2. The summed E-state index contributed by atoms with van der Waals surface area (Å²) in [6.45, 7) is 4.55. The Morgan fingerprint density at radius 2 is 1.51 bits per heavy atom. The number of carbonyl (C=O) groups is 2. The van der Waals surface area contributed by atoms with Crippen molar-refractivity contribution >= 4 is 11.9 Å². The number of alkyl carbamates (subject to hydrolysis) is 1. The van der Waals surface area contributed by atoms with Crippen LogP contribution in [0.25, 0.3) is 0 Å². The quantitative estimate of drug-likeness (QED) is 0.156. The molecule has 0 radical (unpaired) electrons. The zero-order chi connectivity index (χ0) is 24.9. The number of ether oxygens (including phenoxy) is 1. The fourth-order valence-electron chi connectivity index (χ4n) is 6.72. The zero-order valence-electron chi connectivity index (χ0n) is 22.8. The third kappa shape index (κ3) is 9.57. The van der Waals surface area contributed by atoms with Gasteiger partial charge in [0.2, 0.25) is 0 Å². The lowest BCUT2D eigenvalue weighted by Crippen LogP contribution is -2.40. The number of nitrogens with one attached hydrogen (secondary N) is 1. The topological polar surface area (TPSA) is 55.4 Å². The van der Waals surface area contributed by atoms with Gasteiger partial charge >= 0.3 is 6.09 Å². The van der Waals surface area contributed by atoms with Gasteiger partial charge in [0.15, 0.2) is 0 Å². The van der Waals surface area contributed by atoms with E-state index in [1.165, 1.54) is 83.5 Å². The molecule has 2 saturated carbocycles. The highest BCUT2D eigenvalue weighted by Gasteiger charge is 2.43. The van der Waals surface area contributed by atoms with Gasteiger partial charge < -0.3 is 10.1 Å². The number of hydrogen-bond acceptors (Lipinski definition) is 3. The molecule has 0 aliphatic heterocycles. The zero-order valence-corrected chi connectivity index (χ0v) is 22.8. The van der Waals surface area contributed by atoms with Gasteiger partial charge in [-0.3, -0.25) is 4.79 Å². The predicted octanol–water partition coefficient (Wildman–Crippen LogP) is 8.53. The summed E-state index contributed by atoms with van der Waals surface area (Å²) in [5.74, 6) is 2.16. The molecule has 1 N–H and O–H groups in total. The molecule has 0 aromatic carbocycles. The highest BCUT2D eigenvalue weighted by atomic mass is 16.5. The third-order valence-corrected chi connectivity index (χ3v) is 9.01. The van der Waals surface area contributed by atoms with E-state index in [1.54, 1.807) is 0 Å². The van der Waals surface area contributed by atoms with Crippen LogP contribution >= 0.6 is 0 Å². The molecular formula is C31H53NO3. The second kappa shape index (κ2) is 15.1. The fraction of sp³-hybridized carbons (Fsp3) is 0.871. The number of hydrogen-bond donors (Lipinski definition) is 1. The molecule has 200 valence electrons. The van der Waals surface area contributed by atoms with Crippen molar-refractivity contribution in [1.82, 2.24) is 5.32 Å². The number of amides is 1. The average molecular weight is 488 g/mol. The molecule has 0 saturated heterocycles. The summed E-state index contributed by atoms with van der Waals surface area (Å²) in [6, 6.07) is 0.247. The van der Waals surface area contributed by atoms with E-state index in [-0.39, 0.29) is 18.7 Å². The Bertz CT molecular complexity index is 668. The molecule has 4 heteroatoms. The minimum Gasteiger partial charge on any atom is -0.449 e. The summed E-state index contributed by atoms with van der Waals surface area (Å²) in [4.78, 5) is 25.9. The molecule has 35 heavy (non-hydrogen) atoms. The molecule has 3 rings (SSSR count). The number of rotatable bonds is 18. The summed E-state index contributed by atoms with van der Waals surface area (Å²) in [5.41, 5.74) is -0.561. The number of ketones is 1. The van der Waals surface area contributed by atoms with E-state index in [9.17, 15) is 9.59 Å². The van der Waals surface area contributed by atoms with Crippen molar-refractivity contribution in [3.63, 3.8) is 0 Å². The lowest BCUT2D eigenvalue weighted by Gasteiger charge is -2.33. The van der Waals surface area contributed by atoms with E-state index in [2.05, 4.69) is 31.3 Å². The Kier molecular flexibility index (Phi) is 12.2. The molecule has 2 bridgehead atoms. The molecular weight excluding hydrogens is 434 g/mol. The molecule has 0 aromatic heterocycles. The van der Waals surface area contributed by atoms with Crippen molar-refractivity contribution in [2.45, 2.75) is 142 Å². The minimum absolute atomic E-state index is 0.222. The van der Waals surface area contributed by atoms with Crippen LogP contribution in [-0.2, 0) is 9.53 Å². The molecule has 3 aliphatic rings. The fourth-order valence-corrected chi connectivity index (χ4v) is 6.72. The Morgan fingerprint density at radius 1 is 0.886 bits per heavy atom. The number of unbranched alkanes of at least 4 members (excludes halogenated alkanes) is 10. The second-order valence-corrected chi connectivity index (χ2v) is 12.2. The van der Waals surface area contributed by atoms with Gasteiger partial charge in [-0.2, -0.15) is 0 Å². The largest absolute Gasteiger partial charge is 0.449 e. The Hall–Kier alpha value is -1.32. The predicted molar refractivity (Wildman–Crippen MR) is 144 cm³/mol. The molecule has 0 heterocycles. The van der Waals surface area contributed by atoms with Gasteiger partial charge in [0.25, 0.3) is 0 Å². The Balaban J connectivity index is 1.37. The van der Waals surface area contributed by atoms with E-state index in [0.717, 1.165) is 32.1 Å². The average Bonchev–Trinajstić information content (AvgIpc) is 3.60. The molecule has 1 amide bonds. The first-order valence-corrected chi connectivity index (χ1v) is 15.1. The molecule has 4 unspecified atom stereocenters. The molecule has 3 aliphatic carbocycles. The molecule has 2 fully saturated rings. The number of allylic oxidation sites excluding steroid dienone is 2. The molecule has 4 nitrogen and oxygen atoms in total. The number of carbonyl (C=O) groups excluding carboxylic acids is 2. The van der Waals surface area contributed by atoms with Gasteiger partial charge in [0.05, 0.1) is 5.41 Å². The maximum absolute atomic E-state index is 13.4. The van der Waals surface area contributed by atoms with Gasteiger partial charge in [-0.05, 0) is 63.2 Å². The van der Waals surface area contributed by atoms with Gasteiger partial charge in [-0.15, -0.1) is 0 Å². The van der Waals surface area contributed by atoms with Crippen LogP contribution in [0.5, 0.6) is 0 Å². The normalized spacial score (nSPS) is 25.1. The molecule has 0 aromatic rings. The minimum atomic E-state index is -0.561. The van der Waals surface area contributed by atoms with Crippen molar-refractivity contribution in [2.75, 3.05) is 6.61 Å². The smallest absolute Gasteiger partial charge is 0.407 e. The van der Waals surface area contributed by atoms with Crippen LogP contribution in [0.4, 0.5) is 4.79 Å². The maximum atomic E-state index is 13.4. The standard InChI is InChI=1S/C31H53NO3/c1-3-4-5-6-7-8-9-10-11-12-13-18-29(33)31(2,23-27-22-25-19-20-26(27)21-25)24-35-30(34)32-28-16-14-15-17-28/h19-20,25-28H,3-18,21-24H2,1-2H3,(H,32,34).